The molecule has 0 amide bonds. The topological polar surface area (TPSA) is 21.3 Å². The summed E-state index contributed by atoms with van der Waals surface area (Å²) >= 11 is 5.14. The second-order valence-corrected chi connectivity index (χ2v) is 4.95. The van der Waals surface area contributed by atoms with E-state index in [0.717, 1.165) is 30.8 Å². The van der Waals surface area contributed by atoms with E-state index in [2.05, 4.69) is 39.6 Å². The summed E-state index contributed by atoms with van der Waals surface area (Å²) in [6.45, 7) is 5.70. The minimum atomic E-state index is 0.726. The highest BCUT2D eigenvalue weighted by molar-refractivity contribution is 9.10. The van der Waals surface area contributed by atoms with E-state index in [1.807, 2.05) is 0 Å². The SMILES string of the molecule is CCCNCCOCc1cc(Br)cs1. The first kappa shape index (κ1) is 12.2. The molecule has 1 aromatic rings. The van der Waals surface area contributed by atoms with Crippen LogP contribution in [0, 0.1) is 0 Å². The minimum absolute atomic E-state index is 0.726. The van der Waals surface area contributed by atoms with E-state index in [1.165, 1.54) is 11.3 Å². The third kappa shape index (κ3) is 5.10. The molecule has 14 heavy (non-hydrogen) atoms. The van der Waals surface area contributed by atoms with Gasteiger partial charge in [0.1, 0.15) is 0 Å². The molecule has 0 aliphatic heterocycles. The van der Waals surface area contributed by atoms with Crippen LogP contribution in [-0.4, -0.2) is 19.7 Å². The standard InChI is InChI=1S/C10H16BrNOS/c1-2-3-12-4-5-13-7-10-6-9(11)8-14-10/h6,8,12H,2-5,7H2,1H3. The largest absolute Gasteiger partial charge is 0.375 e. The predicted molar refractivity (Wildman–Crippen MR) is 64.8 cm³/mol. The molecule has 1 aromatic heterocycles. The van der Waals surface area contributed by atoms with Crippen molar-refractivity contribution in [2.75, 3.05) is 19.7 Å². The van der Waals surface area contributed by atoms with Crippen LogP contribution in [0.15, 0.2) is 15.9 Å². The van der Waals surface area contributed by atoms with Crippen LogP contribution in [0.1, 0.15) is 18.2 Å². The number of nitrogens with one attached hydrogen (secondary N) is 1. The molecule has 4 heteroatoms. The Hall–Kier alpha value is 0.1000. The van der Waals surface area contributed by atoms with Crippen molar-refractivity contribution >= 4 is 27.3 Å². The fraction of sp³-hybridized carbons (Fsp3) is 0.600. The Morgan fingerprint density at radius 1 is 1.50 bits per heavy atom. The van der Waals surface area contributed by atoms with E-state index in [4.69, 9.17) is 4.74 Å². The molecule has 0 aliphatic rings. The minimum Gasteiger partial charge on any atom is -0.375 e. The Morgan fingerprint density at radius 2 is 2.36 bits per heavy atom. The molecule has 2 nitrogen and oxygen atoms in total. The van der Waals surface area contributed by atoms with Gasteiger partial charge in [0, 0.05) is 21.3 Å². The van der Waals surface area contributed by atoms with Crippen molar-refractivity contribution in [3.63, 3.8) is 0 Å². The zero-order valence-electron chi connectivity index (χ0n) is 8.38. The van der Waals surface area contributed by atoms with Crippen LogP contribution in [0.2, 0.25) is 0 Å². The summed E-state index contributed by atoms with van der Waals surface area (Å²) in [7, 11) is 0. The maximum absolute atomic E-state index is 5.51. The molecular weight excluding hydrogens is 262 g/mol. The molecule has 0 unspecified atom stereocenters. The molecule has 0 spiro atoms. The van der Waals surface area contributed by atoms with E-state index in [9.17, 15) is 0 Å². The first-order valence-corrected chi connectivity index (χ1v) is 6.51. The molecule has 0 radical (unpaired) electrons. The molecule has 1 N–H and O–H groups in total. The molecular formula is C10H16BrNOS. The highest BCUT2D eigenvalue weighted by Crippen LogP contribution is 2.20. The van der Waals surface area contributed by atoms with Gasteiger partial charge >= 0.3 is 0 Å². The Morgan fingerprint density at radius 3 is 3.00 bits per heavy atom. The monoisotopic (exact) mass is 277 g/mol. The number of ether oxygens (including phenoxy) is 1. The fourth-order valence-corrected chi connectivity index (χ4v) is 2.43. The molecule has 0 aliphatic carbocycles. The van der Waals surface area contributed by atoms with Crippen LogP contribution in [0.3, 0.4) is 0 Å². The summed E-state index contributed by atoms with van der Waals surface area (Å²) in [6, 6.07) is 2.10. The summed E-state index contributed by atoms with van der Waals surface area (Å²) in [6.07, 6.45) is 1.18. The Labute approximate surface area is 97.8 Å². The zero-order valence-corrected chi connectivity index (χ0v) is 10.8. The summed E-state index contributed by atoms with van der Waals surface area (Å²) in [5, 5.41) is 5.37. The van der Waals surface area contributed by atoms with Gasteiger partial charge in [0.25, 0.3) is 0 Å². The molecule has 0 fully saturated rings. The lowest BCUT2D eigenvalue weighted by Gasteiger charge is -2.03. The lowest BCUT2D eigenvalue weighted by Crippen LogP contribution is -2.20. The van der Waals surface area contributed by atoms with Gasteiger partial charge in [-0.1, -0.05) is 6.92 Å². The second-order valence-electron chi connectivity index (χ2n) is 3.03. The molecule has 0 atom stereocenters. The fourth-order valence-electron chi connectivity index (χ4n) is 1.05. The molecule has 0 saturated heterocycles. The highest BCUT2D eigenvalue weighted by Gasteiger charge is 1.96. The van der Waals surface area contributed by atoms with Crippen LogP contribution in [0.5, 0.6) is 0 Å². The van der Waals surface area contributed by atoms with Crippen LogP contribution in [-0.2, 0) is 11.3 Å². The Bertz CT molecular complexity index is 252. The maximum Gasteiger partial charge on any atom is 0.0810 e. The number of rotatable bonds is 7. The van der Waals surface area contributed by atoms with Gasteiger partial charge in [0.05, 0.1) is 13.2 Å². The van der Waals surface area contributed by atoms with Crippen molar-refractivity contribution in [2.24, 2.45) is 0 Å². The average molecular weight is 278 g/mol. The number of hydrogen-bond donors (Lipinski definition) is 1. The first-order chi connectivity index (χ1) is 6.83. The van der Waals surface area contributed by atoms with Gasteiger partial charge in [0.15, 0.2) is 0 Å². The van der Waals surface area contributed by atoms with Crippen molar-refractivity contribution in [2.45, 2.75) is 20.0 Å². The molecule has 0 aromatic carbocycles. The van der Waals surface area contributed by atoms with Gasteiger partial charge in [-0.2, -0.15) is 0 Å². The number of thiophene rings is 1. The molecule has 1 heterocycles. The lowest BCUT2D eigenvalue weighted by atomic mass is 10.5. The summed E-state index contributed by atoms with van der Waals surface area (Å²) in [5.74, 6) is 0. The van der Waals surface area contributed by atoms with Crippen molar-refractivity contribution in [1.82, 2.24) is 5.32 Å². The zero-order chi connectivity index (χ0) is 10.2. The summed E-state index contributed by atoms with van der Waals surface area (Å²) in [5.41, 5.74) is 0. The summed E-state index contributed by atoms with van der Waals surface area (Å²) < 4.78 is 6.65. The molecule has 80 valence electrons. The quantitative estimate of drug-likeness (QED) is 0.774. The van der Waals surface area contributed by atoms with Crippen molar-refractivity contribution in [3.05, 3.63) is 20.8 Å². The average Bonchev–Trinajstić information content (AvgIpc) is 2.58. The smallest absolute Gasteiger partial charge is 0.0810 e. The lowest BCUT2D eigenvalue weighted by molar-refractivity contribution is 0.125. The van der Waals surface area contributed by atoms with Crippen molar-refractivity contribution in [1.29, 1.82) is 0 Å². The van der Waals surface area contributed by atoms with Crippen molar-refractivity contribution in [3.8, 4) is 0 Å². The molecule has 0 bridgehead atoms. The van der Waals surface area contributed by atoms with Gasteiger partial charge in [0.2, 0.25) is 0 Å². The first-order valence-electron chi connectivity index (χ1n) is 4.84. The van der Waals surface area contributed by atoms with Crippen molar-refractivity contribution < 1.29 is 4.74 Å². The van der Waals surface area contributed by atoms with Crippen LogP contribution >= 0.6 is 27.3 Å². The Balaban J connectivity index is 1.99. The molecule has 1 rings (SSSR count). The van der Waals surface area contributed by atoms with Crippen LogP contribution in [0.25, 0.3) is 0 Å². The van der Waals surface area contributed by atoms with Gasteiger partial charge in [-0.05, 0) is 35.0 Å². The molecule has 0 saturated carbocycles. The second kappa shape index (κ2) is 7.40. The van der Waals surface area contributed by atoms with E-state index in [0.29, 0.717) is 0 Å². The Kier molecular flexibility index (Phi) is 6.43. The van der Waals surface area contributed by atoms with Gasteiger partial charge < -0.3 is 10.1 Å². The van der Waals surface area contributed by atoms with E-state index < -0.39 is 0 Å². The van der Waals surface area contributed by atoms with Gasteiger partial charge in [-0.3, -0.25) is 0 Å². The third-order valence-corrected chi connectivity index (χ3v) is 3.39. The number of hydrogen-bond acceptors (Lipinski definition) is 3. The van der Waals surface area contributed by atoms with Crippen LogP contribution in [0.4, 0.5) is 0 Å². The normalized spacial score (nSPS) is 10.7. The van der Waals surface area contributed by atoms with E-state index >= 15 is 0 Å². The third-order valence-electron chi connectivity index (χ3n) is 1.72. The predicted octanol–water partition coefficient (Wildman–Crippen LogP) is 3.03. The van der Waals surface area contributed by atoms with Gasteiger partial charge in [-0.25, -0.2) is 0 Å². The summed E-state index contributed by atoms with van der Waals surface area (Å²) in [4.78, 5) is 1.27. The number of halogens is 1. The van der Waals surface area contributed by atoms with Gasteiger partial charge in [-0.15, -0.1) is 11.3 Å². The van der Waals surface area contributed by atoms with E-state index in [1.54, 1.807) is 11.3 Å². The highest BCUT2D eigenvalue weighted by atomic mass is 79.9. The van der Waals surface area contributed by atoms with Crippen LogP contribution < -0.4 is 5.32 Å². The maximum atomic E-state index is 5.51. The van der Waals surface area contributed by atoms with E-state index in [-0.39, 0.29) is 0 Å².